The zero-order valence-electron chi connectivity index (χ0n) is 17.0. The fourth-order valence-electron chi connectivity index (χ4n) is 3.78. The summed E-state index contributed by atoms with van der Waals surface area (Å²) in [6, 6.07) is 13.1. The Balaban J connectivity index is 1.51. The van der Waals surface area contributed by atoms with Gasteiger partial charge in [-0.3, -0.25) is 9.48 Å². The SMILES string of the molecule is Cc1nn(Cc2ccccc2)c(C)c1S(=O)(=O)N1CCN(C(=O)c2ccco2)CC1. The van der Waals surface area contributed by atoms with Crippen molar-refractivity contribution in [2.45, 2.75) is 25.3 Å². The summed E-state index contributed by atoms with van der Waals surface area (Å²) in [5, 5.41) is 4.48. The zero-order valence-corrected chi connectivity index (χ0v) is 17.8. The lowest BCUT2D eigenvalue weighted by Crippen LogP contribution is -2.50. The number of hydrogen-bond donors (Lipinski definition) is 0. The molecule has 4 rings (SSSR count). The fourth-order valence-corrected chi connectivity index (χ4v) is 5.58. The normalized spacial score (nSPS) is 15.5. The lowest BCUT2D eigenvalue weighted by molar-refractivity contribution is 0.0666. The molecule has 158 valence electrons. The molecule has 0 N–H and O–H groups in total. The first-order chi connectivity index (χ1) is 14.4. The van der Waals surface area contributed by atoms with Crippen molar-refractivity contribution in [3.05, 3.63) is 71.4 Å². The summed E-state index contributed by atoms with van der Waals surface area (Å²) in [5.41, 5.74) is 2.15. The summed E-state index contributed by atoms with van der Waals surface area (Å²) >= 11 is 0. The van der Waals surface area contributed by atoms with Crippen LogP contribution in [0.5, 0.6) is 0 Å². The first-order valence-corrected chi connectivity index (χ1v) is 11.2. The van der Waals surface area contributed by atoms with Crippen molar-refractivity contribution in [3.8, 4) is 0 Å². The van der Waals surface area contributed by atoms with Crippen molar-refractivity contribution < 1.29 is 17.6 Å². The molecule has 30 heavy (non-hydrogen) atoms. The molecule has 3 heterocycles. The van der Waals surface area contributed by atoms with Crippen LogP contribution >= 0.6 is 0 Å². The summed E-state index contributed by atoms with van der Waals surface area (Å²) in [6.45, 7) is 5.11. The summed E-state index contributed by atoms with van der Waals surface area (Å²) in [6.07, 6.45) is 1.45. The van der Waals surface area contributed by atoms with Crippen molar-refractivity contribution in [2.75, 3.05) is 26.2 Å². The van der Waals surface area contributed by atoms with Gasteiger partial charge in [-0.15, -0.1) is 0 Å². The van der Waals surface area contributed by atoms with Gasteiger partial charge in [0, 0.05) is 26.2 Å². The van der Waals surface area contributed by atoms with Gasteiger partial charge in [0.05, 0.1) is 24.2 Å². The van der Waals surface area contributed by atoms with Crippen LogP contribution in [0.2, 0.25) is 0 Å². The standard InChI is InChI=1S/C21H24N4O4S/c1-16-20(17(2)25(22-16)15-18-7-4-3-5-8-18)30(27,28)24-12-10-23(11-13-24)21(26)19-9-6-14-29-19/h3-9,14H,10-13,15H2,1-2H3. The molecule has 0 unspecified atom stereocenters. The van der Waals surface area contributed by atoms with Crippen LogP contribution in [0.1, 0.15) is 27.5 Å². The van der Waals surface area contributed by atoms with Crippen LogP contribution in [-0.4, -0.2) is 59.5 Å². The molecule has 1 saturated heterocycles. The molecule has 1 aromatic carbocycles. The highest BCUT2D eigenvalue weighted by Crippen LogP contribution is 2.25. The monoisotopic (exact) mass is 428 g/mol. The maximum absolute atomic E-state index is 13.4. The molecular formula is C21H24N4O4S. The molecular weight excluding hydrogens is 404 g/mol. The minimum atomic E-state index is -3.71. The summed E-state index contributed by atoms with van der Waals surface area (Å²) in [7, 11) is -3.71. The third kappa shape index (κ3) is 3.78. The van der Waals surface area contributed by atoms with E-state index in [2.05, 4.69) is 5.10 Å². The van der Waals surface area contributed by atoms with Gasteiger partial charge in [-0.25, -0.2) is 8.42 Å². The lowest BCUT2D eigenvalue weighted by Gasteiger charge is -2.33. The van der Waals surface area contributed by atoms with Crippen LogP contribution in [0, 0.1) is 13.8 Å². The second-order valence-corrected chi connectivity index (χ2v) is 9.19. The quantitative estimate of drug-likeness (QED) is 0.622. The lowest BCUT2D eigenvalue weighted by atomic mass is 10.2. The Morgan fingerprint density at radius 2 is 1.73 bits per heavy atom. The molecule has 0 radical (unpaired) electrons. The van der Waals surface area contributed by atoms with Gasteiger partial charge in [-0.05, 0) is 31.5 Å². The highest BCUT2D eigenvalue weighted by molar-refractivity contribution is 7.89. The van der Waals surface area contributed by atoms with Crippen LogP contribution in [0.15, 0.2) is 58.0 Å². The van der Waals surface area contributed by atoms with Crippen LogP contribution in [-0.2, 0) is 16.6 Å². The summed E-state index contributed by atoms with van der Waals surface area (Å²) in [5.74, 6) is 0.0419. The van der Waals surface area contributed by atoms with Gasteiger partial charge in [0.1, 0.15) is 4.90 Å². The number of benzene rings is 1. The zero-order chi connectivity index (χ0) is 21.3. The molecule has 1 aliphatic heterocycles. The maximum Gasteiger partial charge on any atom is 0.289 e. The molecule has 0 atom stereocenters. The van der Waals surface area contributed by atoms with Crippen molar-refractivity contribution in [1.29, 1.82) is 0 Å². The Morgan fingerprint density at radius 1 is 1.03 bits per heavy atom. The molecule has 8 nitrogen and oxygen atoms in total. The molecule has 9 heteroatoms. The largest absolute Gasteiger partial charge is 0.459 e. The van der Waals surface area contributed by atoms with Gasteiger partial charge >= 0.3 is 0 Å². The average molecular weight is 429 g/mol. The third-order valence-electron chi connectivity index (χ3n) is 5.35. The number of sulfonamides is 1. The van der Waals surface area contributed by atoms with Crippen LogP contribution in [0.25, 0.3) is 0 Å². The molecule has 0 bridgehead atoms. The van der Waals surface area contributed by atoms with Crippen molar-refractivity contribution in [1.82, 2.24) is 19.0 Å². The number of piperazine rings is 1. The second kappa shape index (κ2) is 8.08. The number of rotatable bonds is 5. The smallest absolute Gasteiger partial charge is 0.289 e. The number of amides is 1. The van der Waals surface area contributed by atoms with E-state index in [0.717, 1.165) is 5.56 Å². The Bertz CT molecular complexity index is 1130. The highest BCUT2D eigenvalue weighted by Gasteiger charge is 2.34. The van der Waals surface area contributed by atoms with Gasteiger partial charge in [0.15, 0.2) is 5.76 Å². The molecule has 0 spiro atoms. The van der Waals surface area contributed by atoms with Crippen molar-refractivity contribution in [3.63, 3.8) is 0 Å². The molecule has 3 aromatic rings. The maximum atomic E-state index is 13.4. The van der Waals surface area contributed by atoms with Crippen molar-refractivity contribution >= 4 is 15.9 Å². The van der Waals surface area contributed by atoms with E-state index in [1.54, 1.807) is 35.6 Å². The summed E-state index contributed by atoms with van der Waals surface area (Å²) < 4.78 is 35.0. The van der Waals surface area contributed by atoms with E-state index in [1.807, 2.05) is 30.3 Å². The molecule has 2 aromatic heterocycles. The summed E-state index contributed by atoms with van der Waals surface area (Å²) in [4.78, 5) is 14.3. The average Bonchev–Trinajstić information content (AvgIpc) is 3.37. The van der Waals surface area contributed by atoms with Gasteiger partial charge in [0.25, 0.3) is 5.91 Å². The molecule has 1 aliphatic rings. The Morgan fingerprint density at radius 3 is 2.37 bits per heavy atom. The van der Waals surface area contributed by atoms with E-state index >= 15 is 0 Å². The fraction of sp³-hybridized carbons (Fsp3) is 0.333. The van der Waals surface area contributed by atoms with Gasteiger partial charge in [0.2, 0.25) is 10.0 Å². The number of furan rings is 1. The predicted octanol–water partition coefficient (Wildman–Crippen LogP) is 2.29. The first kappa shape index (κ1) is 20.4. The number of hydrogen-bond acceptors (Lipinski definition) is 5. The molecule has 0 aliphatic carbocycles. The number of carbonyl (C=O) groups is 1. The Hall–Kier alpha value is -2.91. The molecule has 0 saturated carbocycles. The molecule has 1 fully saturated rings. The van der Waals surface area contributed by atoms with E-state index in [9.17, 15) is 13.2 Å². The van der Waals surface area contributed by atoms with Gasteiger partial charge in [-0.2, -0.15) is 9.40 Å². The second-order valence-electron chi connectivity index (χ2n) is 7.32. The Labute approximate surface area is 175 Å². The molecule has 1 amide bonds. The predicted molar refractivity (Wildman–Crippen MR) is 111 cm³/mol. The van der Waals surface area contributed by atoms with Gasteiger partial charge < -0.3 is 9.32 Å². The number of aromatic nitrogens is 2. The minimum absolute atomic E-state index is 0.222. The number of carbonyl (C=O) groups excluding carboxylic acids is 1. The first-order valence-electron chi connectivity index (χ1n) is 9.79. The van der Waals surface area contributed by atoms with Crippen molar-refractivity contribution in [2.24, 2.45) is 0 Å². The third-order valence-corrected chi connectivity index (χ3v) is 7.50. The van der Waals surface area contributed by atoms with E-state index in [4.69, 9.17) is 4.42 Å². The van der Waals surface area contributed by atoms with E-state index in [0.29, 0.717) is 31.0 Å². The van der Waals surface area contributed by atoms with Crippen LogP contribution in [0.4, 0.5) is 0 Å². The Kier molecular flexibility index (Phi) is 5.48. The highest BCUT2D eigenvalue weighted by atomic mass is 32.2. The van der Waals surface area contributed by atoms with Crippen LogP contribution in [0.3, 0.4) is 0 Å². The van der Waals surface area contributed by atoms with E-state index in [-0.39, 0.29) is 29.7 Å². The van der Waals surface area contributed by atoms with Crippen LogP contribution < -0.4 is 0 Å². The van der Waals surface area contributed by atoms with E-state index < -0.39 is 10.0 Å². The minimum Gasteiger partial charge on any atom is -0.459 e. The number of aryl methyl sites for hydroxylation is 1. The van der Waals surface area contributed by atoms with Gasteiger partial charge in [-0.1, -0.05) is 30.3 Å². The topological polar surface area (TPSA) is 88.7 Å². The number of nitrogens with zero attached hydrogens (tertiary/aromatic N) is 4. The van der Waals surface area contributed by atoms with E-state index in [1.165, 1.54) is 10.6 Å².